The molecule has 2 N–H and O–H groups in total. The molecule has 2 amide bonds. The van der Waals surface area contributed by atoms with E-state index in [1.165, 1.54) is 0 Å². The predicted octanol–water partition coefficient (Wildman–Crippen LogP) is 2.31. The van der Waals surface area contributed by atoms with Crippen LogP contribution in [0.15, 0.2) is 34.9 Å². The van der Waals surface area contributed by atoms with Crippen LogP contribution in [0.1, 0.15) is 11.3 Å². The van der Waals surface area contributed by atoms with Crippen LogP contribution in [0, 0.1) is 6.92 Å². The van der Waals surface area contributed by atoms with Gasteiger partial charge in [-0.3, -0.25) is 5.32 Å². The van der Waals surface area contributed by atoms with Crippen LogP contribution >= 0.6 is 0 Å². The van der Waals surface area contributed by atoms with Crippen LogP contribution in [-0.2, 0) is 6.54 Å². The third-order valence-corrected chi connectivity index (χ3v) is 2.46. The molecular weight excluding hydrogens is 246 g/mol. The van der Waals surface area contributed by atoms with Gasteiger partial charge in [0, 0.05) is 12.6 Å². The second-order valence-electron chi connectivity index (χ2n) is 3.98. The minimum atomic E-state index is -0.337. The number of ether oxygens (including phenoxy) is 1. The standard InChI is InChI=1S/C13H15N3O3/c1-9-6-12(16-19-9)15-13(17)14-8-10-4-3-5-11(7-10)18-2/h3-7H,8H2,1-2H3,(H2,14,15,16,17). The maximum absolute atomic E-state index is 11.6. The van der Waals surface area contributed by atoms with Crippen LogP contribution in [0.5, 0.6) is 5.75 Å². The van der Waals surface area contributed by atoms with Gasteiger partial charge in [0.15, 0.2) is 5.82 Å². The Labute approximate surface area is 110 Å². The molecule has 1 aromatic heterocycles. The Morgan fingerprint density at radius 2 is 2.26 bits per heavy atom. The summed E-state index contributed by atoms with van der Waals surface area (Å²) in [4.78, 5) is 11.6. The molecule has 2 aromatic rings. The van der Waals surface area contributed by atoms with E-state index in [1.54, 1.807) is 20.1 Å². The molecule has 19 heavy (non-hydrogen) atoms. The van der Waals surface area contributed by atoms with Crippen molar-refractivity contribution in [2.24, 2.45) is 0 Å². The van der Waals surface area contributed by atoms with E-state index in [0.29, 0.717) is 18.1 Å². The van der Waals surface area contributed by atoms with Crippen LogP contribution < -0.4 is 15.4 Å². The third-order valence-electron chi connectivity index (χ3n) is 2.46. The lowest BCUT2D eigenvalue weighted by Gasteiger charge is -2.06. The minimum Gasteiger partial charge on any atom is -0.497 e. The number of aryl methyl sites for hydroxylation is 1. The molecule has 0 aliphatic rings. The topological polar surface area (TPSA) is 76.4 Å². The maximum atomic E-state index is 11.6. The predicted molar refractivity (Wildman–Crippen MR) is 70.1 cm³/mol. The number of urea groups is 1. The first-order valence-corrected chi connectivity index (χ1v) is 5.78. The molecule has 2 rings (SSSR count). The van der Waals surface area contributed by atoms with Crippen molar-refractivity contribution < 1.29 is 14.1 Å². The monoisotopic (exact) mass is 261 g/mol. The normalized spacial score (nSPS) is 10.0. The zero-order valence-electron chi connectivity index (χ0n) is 10.8. The van der Waals surface area contributed by atoms with Gasteiger partial charge in [0.25, 0.3) is 0 Å². The van der Waals surface area contributed by atoms with Gasteiger partial charge in [0.1, 0.15) is 11.5 Å². The van der Waals surface area contributed by atoms with E-state index >= 15 is 0 Å². The number of aromatic nitrogens is 1. The molecule has 0 saturated carbocycles. The number of hydrogen-bond donors (Lipinski definition) is 2. The number of carbonyl (C=O) groups excluding carboxylic acids is 1. The van der Waals surface area contributed by atoms with Crippen LogP contribution in [0.25, 0.3) is 0 Å². The fraction of sp³-hybridized carbons (Fsp3) is 0.231. The Bertz CT molecular complexity index is 566. The summed E-state index contributed by atoms with van der Waals surface area (Å²) < 4.78 is 9.96. The maximum Gasteiger partial charge on any atom is 0.320 e. The van der Waals surface area contributed by atoms with Crippen molar-refractivity contribution in [1.82, 2.24) is 10.5 Å². The van der Waals surface area contributed by atoms with E-state index < -0.39 is 0 Å². The van der Waals surface area contributed by atoms with Gasteiger partial charge >= 0.3 is 6.03 Å². The van der Waals surface area contributed by atoms with E-state index in [-0.39, 0.29) is 6.03 Å². The second kappa shape index (κ2) is 5.90. The quantitative estimate of drug-likeness (QED) is 0.885. The highest BCUT2D eigenvalue weighted by Crippen LogP contribution is 2.12. The molecule has 0 unspecified atom stereocenters. The van der Waals surface area contributed by atoms with Gasteiger partial charge < -0.3 is 14.6 Å². The molecule has 1 heterocycles. The molecule has 0 saturated heterocycles. The van der Waals surface area contributed by atoms with Crippen molar-refractivity contribution in [3.63, 3.8) is 0 Å². The van der Waals surface area contributed by atoms with Gasteiger partial charge in [-0.1, -0.05) is 17.3 Å². The summed E-state index contributed by atoms with van der Waals surface area (Å²) >= 11 is 0. The number of amides is 2. The molecule has 0 aliphatic heterocycles. The van der Waals surface area contributed by atoms with E-state index in [2.05, 4.69) is 15.8 Å². The van der Waals surface area contributed by atoms with Crippen molar-refractivity contribution in [3.05, 3.63) is 41.7 Å². The summed E-state index contributed by atoms with van der Waals surface area (Å²) in [6.45, 7) is 2.16. The highest BCUT2D eigenvalue weighted by Gasteiger charge is 2.05. The Hall–Kier alpha value is -2.50. The van der Waals surface area contributed by atoms with E-state index in [1.807, 2.05) is 24.3 Å². The zero-order valence-corrected chi connectivity index (χ0v) is 10.8. The van der Waals surface area contributed by atoms with Crippen LogP contribution in [0.4, 0.5) is 10.6 Å². The smallest absolute Gasteiger partial charge is 0.320 e. The molecule has 0 spiro atoms. The zero-order chi connectivity index (χ0) is 13.7. The Morgan fingerprint density at radius 3 is 2.95 bits per heavy atom. The van der Waals surface area contributed by atoms with Gasteiger partial charge in [-0.25, -0.2) is 4.79 Å². The number of anilines is 1. The molecule has 0 bridgehead atoms. The van der Waals surface area contributed by atoms with Gasteiger partial charge in [-0.2, -0.15) is 0 Å². The van der Waals surface area contributed by atoms with Crippen molar-refractivity contribution in [1.29, 1.82) is 0 Å². The second-order valence-corrected chi connectivity index (χ2v) is 3.98. The van der Waals surface area contributed by atoms with E-state index in [9.17, 15) is 4.79 Å². The van der Waals surface area contributed by atoms with Crippen molar-refractivity contribution in [2.45, 2.75) is 13.5 Å². The molecule has 0 atom stereocenters. The van der Waals surface area contributed by atoms with Gasteiger partial charge in [-0.15, -0.1) is 0 Å². The molecule has 0 aliphatic carbocycles. The van der Waals surface area contributed by atoms with Crippen molar-refractivity contribution in [3.8, 4) is 5.75 Å². The molecular formula is C13H15N3O3. The first kappa shape index (κ1) is 12.9. The summed E-state index contributed by atoms with van der Waals surface area (Å²) in [7, 11) is 1.60. The number of methoxy groups -OCH3 is 1. The van der Waals surface area contributed by atoms with E-state index in [0.717, 1.165) is 11.3 Å². The first-order chi connectivity index (χ1) is 9.17. The molecule has 1 aromatic carbocycles. The highest BCUT2D eigenvalue weighted by molar-refractivity contribution is 5.88. The Balaban J connectivity index is 1.86. The lowest BCUT2D eigenvalue weighted by atomic mass is 10.2. The lowest BCUT2D eigenvalue weighted by molar-refractivity contribution is 0.251. The summed E-state index contributed by atoms with van der Waals surface area (Å²) in [6.07, 6.45) is 0. The number of nitrogens with one attached hydrogen (secondary N) is 2. The van der Waals surface area contributed by atoms with Crippen LogP contribution in [-0.4, -0.2) is 18.3 Å². The Morgan fingerprint density at radius 1 is 1.42 bits per heavy atom. The Kier molecular flexibility index (Phi) is 4.02. The molecule has 6 heteroatoms. The number of nitrogens with zero attached hydrogens (tertiary/aromatic N) is 1. The summed E-state index contributed by atoms with van der Waals surface area (Å²) in [5.74, 6) is 1.79. The van der Waals surface area contributed by atoms with E-state index in [4.69, 9.17) is 9.26 Å². The third kappa shape index (κ3) is 3.74. The number of carbonyl (C=O) groups is 1. The minimum absolute atomic E-state index is 0.337. The number of rotatable bonds is 4. The summed E-state index contributed by atoms with van der Waals surface area (Å²) in [5.41, 5.74) is 0.950. The lowest BCUT2D eigenvalue weighted by Crippen LogP contribution is -2.28. The SMILES string of the molecule is COc1cccc(CNC(=O)Nc2cc(C)on2)c1. The van der Waals surface area contributed by atoms with Crippen LogP contribution in [0.2, 0.25) is 0 Å². The number of benzene rings is 1. The summed E-state index contributed by atoms with van der Waals surface area (Å²) in [6, 6.07) is 8.79. The van der Waals surface area contributed by atoms with Crippen molar-refractivity contribution >= 4 is 11.8 Å². The van der Waals surface area contributed by atoms with Crippen LogP contribution in [0.3, 0.4) is 0 Å². The largest absolute Gasteiger partial charge is 0.497 e. The number of hydrogen-bond acceptors (Lipinski definition) is 4. The molecule has 100 valence electrons. The average Bonchev–Trinajstić information content (AvgIpc) is 2.82. The first-order valence-electron chi connectivity index (χ1n) is 5.78. The highest BCUT2D eigenvalue weighted by atomic mass is 16.5. The average molecular weight is 261 g/mol. The van der Waals surface area contributed by atoms with Gasteiger partial charge in [-0.05, 0) is 24.6 Å². The van der Waals surface area contributed by atoms with Gasteiger partial charge in [0.2, 0.25) is 0 Å². The molecule has 0 fully saturated rings. The molecule has 0 radical (unpaired) electrons. The molecule has 6 nitrogen and oxygen atoms in total. The fourth-order valence-electron chi connectivity index (χ4n) is 1.55. The van der Waals surface area contributed by atoms with Crippen molar-refractivity contribution in [2.75, 3.05) is 12.4 Å². The van der Waals surface area contributed by atoms with Gasteiger partial charge in [0.05, 0.1) is 7.11 Å². The summed E-state index contributed by atoms with van der Waals surface area (Å²) in [5, 5.41) is 8.97. The fourth-order valence-corrected chi connectivity index (χ4v) is 1.55.